The van der Waals surface area contributed by atoms with E-state index in [4.69, 9.17) is 21.7 Å². The molecule has 1 aliphatic rings. The quantitative estimate of drug-likeness (QED) is 0.387. The molecule has 204 valence electrons. The third-order valence-corrected chi connectivity index (χ3v) is 6.83. The van der Waals surface area contributed by atoms with Crippen molar-refractivity contribution >= 4 is 40.5 Å². The minimum atomic E-state index is -0.305. The molecule has 1 fully saturated rings. The van der Waals surface area contributed by atoms with Crippen LogP contribution in [0.15, 0.2) is 72.8 Å². The molecule has 3 aromatic rings. The van der Waals surface area contributed by atoms with Crippen LogP contribution in [0.1, 0.15) is 41.0 Å². The lowest BCUT2D eigenvalue weighted by molar-refractivity contribution is 0.0746. The molecule has 9 heteroatoms. The Balaban J connectivity index is 1.26. The number of thiocarbonyl (C=S) groups is 1. The van der Waals surface area contributed by atoms with E-state index in [2.05, 4.69) is 15.5 Å². The molecule has 1 heterocycles. The van der Waals surface area contributed by atoms with E-state index in [1.165, 1.54) is 0 Å². The highest BCUT2D eigenvalue weighted by molar-refractivity contribution is 7.80. The number of hydrogen-bond acceptors (Lipinski definition) is 6. The Morgan fingerprint density at radius 1 is 0.923 bits per heavy atom. The molecule has 0 radical (unpaired) electrons. The SMILES string of the molecule is CCC(C)Oc1cccc(C(=O)NC(=S)Nc2ccc(N3CCN(C(=O)c4ccc(OC)cc4)CC3)cc2)c1. The molecule has 39 heavy (non-hydrogen) atoms. The third-order valence-electron chi connectivity index (χ3n) is 6.63. The highest BCUT2D eigenvalue weighted by atomic mass is 32.1. The molecular weight excluding hydrogens is 512 g/mol. The molecule has 0 spiro atoms. The average Bonchev–Trinajstić information content (AvgIpc) is 2.97. The van der Waals surface area contributed by atoms with Crippen molar-refractivity contribution in [3.05, 3.63) is 83.9 Å². The Labute approximate surface area is 234 Å². The largest absolute Gasteiger partial charge is 0.497 e. The first-order valence-electron chi connectivity index (χ1n) is 13.0. The lowest BCUT2D eigenvalue weighted by atomic mass is 10.1. The minimum absolute atomic E-state index is 0.0298. The van der Waals surface area contributed by atoms with Gasteiger partial charge in [-0.3, -0.25) is 14.9 Å². The fraction of sp³-hybridized carbons (Fsp3) is 0.300. The summed E-state index contributed by atoms with van der Waals surface area (Å²) in [4.78, 5) is 29.6. The molecule has 1 atom stereocenters. The molecule has 0 aromatic heterocycles. The van der Waals surface area contributed by atoms with Gasteiger partial charge in [-0.25, -0.2) is 0 Å². The molecule has 4 rings (SSSR count). The highest BCUT2D eigenvalue weighted by Crippen LogP contribution is 2.21. The van der Waals surface area contributed by atoms with E-state index in [-0.39, 0.29) is 23.0 Å². The fourth-order valence-corrected chi connectivity index (χ4v) is 4.41. The molecular formula is C30H34N4O4S. The summed E-state index contributed by atoms with van der Waals surface area (Å²) in [6, 6.07) is 22.1. The first-order chi connectivity index (χ1) is 18.9. The number of ether oxygens (including phenoxy) is 2. The second-order valence-corrected chi connectivity index (χ2v) is 9.74. The predicted molar refractivity (Wildman–Crippen MR) is 158 cm³/mol. The van der Waals surface area contributed by atoms with Crippen molar-refractivity contribution < 1.29 is 19.1 Å². The molecule has 1 unspecified atom stereocenters. The standard InChI is InChI=1S/C30H34N4O4S/c1-4-21(2)38-27-7-5-6-23(20-27)28(35)32-30(39)31-24-10-12-25(13-11-24)33-16-18-34(19-17-33)29(36)22-8-14-26(37-3)15-9-22/h5-15,20-21H,4,16-19H2,1-3H3,(H2,31,32,35,39). The zero-order valence-corrected chi connectivity index (χ0v) is 23.3. The van der Waals surface area contributed by atoms with E-state index in [9.17, 15) is 9.59 Å². The zero-order chi connectivity index (χ0) is 27.8. The molecule has 1 aliphatic heterocycles. The number of amides is 2. The number of rotatable bonds is 8. The lowest BCUT2D eigenvalue weighted by Crippen LogP contribution is -2.48. The number of hydrogen-bond donors (Lipinski definition) is 2. The van der Waals surface area contributed by atoms with Gasteiger partial charge in [-0.15, -0.1) is 0 Å². The smallest absolute Gasteiger partial charge is 0.257 e. The zero-order valence-electron chi connectivity index (χ0n) is 22.5. The Morgan fingerprint density at radius 3 is 2.26 bits per heavy atom. The molecule has 2 N–H and O–H groups in total. The summed E-state index contributed by atoms with van der Waals surface area (Å²) in [5, 5.41) is 6.00. The van der Waals surface area contributed by atoms with Gasteiger partial charge >= 0.3 is 0 Å². The highest BCUT2D eigenvalue weighted by Gasteiger charge is 2.22. The van der Waals surface area contributed by atoms with E-state index < -0.39 is 0 Å². The Kier molecular flexibility index (Phi) is 9.38. The second kappa shape index (κ2) is 13.1. The van der Waals surface area contributed by atoms with Gasteiger partial charge in [-0.1, -0.05) is 13.0 Å². The Morgan fingerprint density at radius 2 is 1.62 bits per heavy atom. The van der Waals surface area contributed by atoms with Gasteiger partial charge in [0.2, 0.25) is 0 Å². The average molecular weight is 547 g/mol. The van der Waals surface area contributed by atoms with E-state index in [1.807, 2.05) is 49.1 Å². The van der Waals surface area contributed by atoms with E-state index in [0.717, 1.165) is 36.6 Å². The summed E-state index contributed by atoms with van der Waals surface area (Å²) in [7, 11) is 1.61. The van der Waals surface area contributed by atoms with Crippen LogP contribution in [-0.4, -0.2) is 61.2 Å². The monoisotopic (exact) mass is 546 g/mol. The van der Waals surface area contributed by atoms with Crippen LogP contribution < -0.4 is 25.0 Å². The van der Waals surface area contributed by atoms with Crippen molar-refractivity contribution in [3.8, 4) is 11.5 Å². The Bertz CT molecular complexity index is 1290. The van der Waals surface area contributed by atoms with Crippen LogP contribution in [0, 0.1) is 0 Å². The van der Waals surface area contributed by atoms with Crippen LogP contribution >= 0.6 is 12.2 Å². The molecule has 3 aromatic carbocycles. The number of nitrogens with zero attached hydrogens (tertiary/aromatic N) is 2. The third kappa shape index (κ3) is 7.48. The number of benzene rings is 3. The van der Waals surface area contributed by atoms with Crippen molar-refractivity contribution in [1.29, 1.82) is 0 Å². The van der Waals surface area contributed by atoms with Crippen molar-refractivity contribution in [3.63, 3.8) is 0 Å². The van der Waals surface area contributed by atoms with E-state index in [1.54, 1.807) is 49.6 Å². The van der Waals surface area contributed by atoms with Crippen LogP contribution in [0.2, 0.25) is 0 Å². The summed E-state index contributed by atoms with van der Waals surface area (Å²) in [5.74, 6) is 1.11. The van der Waals surface area contributed by atoms with Crippen molar-refractivity contribution in [2.45, 2.75) is 26.4 Å². The molecule has 0 bridgehead atoms. The normalized spacial score (nSPS) is 13.8. The number of carbonyl (C=O) groups excluding carboxylic acids is 2. The topological polar surface area (TPSA) is 83.1 Å². The predicted octanol–water partition coefficient (Wildman–Crippen LogP) is 4.96. The van der Waals surface area contributed by atoms with Gasteiger partial charge in [-0.05, 0) is 92.3 Å². The van der Waals surface area contributed by atoms with E-state index >= 15 is 0 Å². The molecule has 1 saturated heterocycles. The first kappa shape index (κ1) is 27.9. The molecule has 0 aliphatic carbocycles. The van der Waals surface area contributed by atoms with Gasteiger partial charge < -0.3 is 24.6 Å². The van der Waals surface area contributed by atoms with Gasteiger partial charge in [0.15, 0.2) is 5.11 Å². The van der Waals surface area contributed by atoms with Crippen LogP contribution in [0.4, 0.5) is 11.4 Å². The number of anilines is 2. The minimum Gasteiger partial charge on any atom is -0.497 e. The second-order valence-electron chi connectivity index (χ2n) is 9.33. The van der Waals surface area contributed by atoms with Crippen LogP contribution in [0.25, 0.3) is 0 Å². The van der Waals surface area contributed by atoms with Crippen LogP contribution in [0.5, 0.6) is 11.5 Å². The summed E-state index contributed by atoms with van der Waals surface area (Å²) >= 11 is 5.35. The summed E-state index contributed by atoms with van der Waals surface area (Å²) in [6.07, 6.45) is 0.948. The van der Waals surface area contributed by atoms with Crippen molar-refractivity contribution in [2.24, 2.45) is 0 Å². The maximum Gasteiger partial charge on any atom is 0.257 e. The van der Waals surface area contributed by atoms with Crippen LogP contribution in [-0.2, 0) is 0 Å². The number of nitrogens with one attached hydrogen (secondary N) is 2. The van der Waals surface area contributed by atoms with Crippen molar-refractivity contribution in [2.75, 3.05) is 43.5 Å². The molecule has 0 saturated carbocycles. The van der Waals surface area contributed by atoms with Gasteiger partial charge in [0, 0.05) is 48.7 Å². The maximum atomic E-state index is 12.8. The van der Waals surface area contributed by atoms with Gasteiger partial charge in [-0.2, -0.15) is 0 Å². The number of methoxy groups -OCH3 is 1. The summed E-state index contributed by atoms with van der Waals surface area (Å²) < 4.78 is 11.0. The number of carbonyl (C=O) groups is 2. The Hall–Kier alpha value is -4.11. The first-order valence-corrected chi connectivity index (χ1v) is 13.4. The van der Waals surface area contributed by atoms with Gasteiger partial charge in [0.1, 0.15) is 11.5 Å². The lowest BCUT2D eigenvalue weighted by Gasteiger charge is -2.36. The number of piperazine rings is 1. The van der Waals surface area contributed by atoms with Crippen molar-refractivity contribution in [1.82, 2.24) is 10.2 Å². The van der Waals surface area contributed by atoms with Gasteiger partial charge in [0.25, 0.3) is 11.8 Å². The fourth-order valence-electron chi connectivity index (χ4n) is 4.20. The van der Waals surface area contributed by atoms with Crippen LogP contribution in [0.3, 0.4) is 0 Å². The van der Waals surface area contributed by atoms with Gasteiger partial charge in [0.05, 0.1) is 13.2 Å². The van der Waals surface area contributed by atoms with E-state index in [0.29, 0.717) is 30.0 Å². The maximum absolute atomic E-state index is 12.8. The summed E-state index contributed by atoms with van der Waals surface area (Å²) in [5.41, 5.74) is 2.96. The molecule has 2 amide bonds. The summed E-state index contributed by atoms with van der Waals surface area (Å²) in [6.45, 7) is 6.80. The molecule has 8 nitrogen and oxygen atoms in total.